The molecule has 0 spiro atoms. The van der Waals surface area contributed by atoms with Gasteiger partial charge in [0, 0.05) is 21.4 Å². The van der Waals surface area contributed by atoms with Crippen LogP contribution >= 0.6 is 11.3 Å². The molecule has 4 heteroatoms. The fourth-order valence-electron chi connectivity index (χ4n) is 3.88. The minimum absolute atomic E-state index is 0.250. The van der Waals surface area contributed by atoms with E-state index in [-0.39, 0.29) is 5.82 Å². The van der Waals surface area contributed by atoms with Gasteiger partial charge >= 0.3 is 0 Å². The molecule has 0 saturated heterocycles. The molecule has 5 rings (SSSR count). The van der Waals surface area contributed by atoms with Gasteiger partial charge in [-0.25, -0.2) is 9.37 Å². The third-order valence-corrected chi connectivity index (χ3v) is 6.35. The van der Waals surface area contributed by atoms with E-state index in [0.717, 1.165) is 29.0 Å². The zero-order valence-electron chi connectivity index (χ0n) is 14.5. The molecule has 0 fully saturated rings. The van der Waals surface area contributed by atoms with Crippen LogP contribution in [0.2, 0.25) is 0 Å². The quantitative estimate of drug-likeness (QED) is 0.407. The first-order valence-corrected chi connectivity index (χ1v) is 9.76. The Balaban J connectivity index is 1.82. The molecule has 0 saturated carbocycles. The molecule has 0 bridgehead atoms. The maximum Gasteiger partial charge on any atom is 0.134 e. The van der Waals surface area contributed by atoms with E-state index in [0.29, 0.717) is 17.2 Å². The van der Waals surface area contributed by atoms with Crippen LogP contribution in [-0.2, 0) is 12.8 Å². The summed E-state index contributed by atoms with van der Waals surface area (Å²) in [7, 11) is 0. The zero-order valence-corrected chi connectivity index (χ0v) is 15.3. The summed E-state index contributed by atoms with van der Waals surface area (Å²) < 4.78 is 20.1. The second kappa shape index (κ2) is 6.06. The molecule has 2 nitrogen and oxygen atoms in total. The van der Waals surface area contributed by atoms with Gasteiger partial charge < -0.3 is 4.42 Å². The van der Waals surface area contributed by atoms with E-state index in [1.807, 2.05) is 24.3 Å². The number of hydrogen-bond donors (Lipinski definition) is 0. The first-order valence-electron chi connectivity index (χ1n) is 8.95. The molecule has 1 atom stereocenters. The number of fused-ring (bicyclic) bond motifs is 3. The van der Waals surface area contributed by atoms with E-state index >= 15 is 0 Å². The molecule has 4 aromatic rings. The molecule has 0 amide bonds. The number of thiophene rings is 1. The Hall–Kier alpha value is -2.46. The van der Waals surface area contributed by atoms with Gasteiger partial charge in [0.15, 0.2) is 0 Å². The molecule has 3 aromatic heterocycles. The standard InChI is InChI=1S/C22H18FNOS/c1-13-8-9-15-20(11-13)26-22-21(15)16(19-7-4-10-25-19)12-18(24-22)14-5-2-3-6-17(14)23/h2-7,10,12-13H,8-9,11H2,1H3/t13-/m0/s1. The number of aromatic nitrogens is 1. The van der Waals surface area contributed by atoms with Crippen molar-refractivity contribution in [3.8, 4) is 22.6 Å². The van der Waals surface area contributed by atoms with Gasteiger partial charge in [0.25, 0.3) is 0 Å². The molecule has 1 aliphatic carbocycles. The van der Waals surface area contributed by atoms with Gasteiger partial charge in [-0.2, -0.15) is 0 Å². The lowest BCUT2D eigenvalue weighted by Gasteiger charge is -2.18. The molecule has 1 aromatic carbocycles. The Morgan fingerprint density at radius 3 is 2.85 bits per heavy atom. The highest BCUT2D eigenvalue weighted by Crippen LogP contribution is 2.43. The molecule has 1 aliphatic rings. The Morgan fingerprint density at radius 2 is 2.04 bits per heavy atom. The van der Waals surface area contributed by atoms with Crippen LogP contribution < -0.4 is 0 Å². The average Bonchev–Trinajstić information content (AvgIpc) is 3.28. The van der Waals surface area contributed by atoms with Gasteiger partial charge in [0.05, 0.1) is 12.0 Å². The van der Waals surface area contributed by atoms with Crippen LogP contribution in [-0.4, -0.2) is 4.98 Å². The monoisotopic (exact) mass is 363 g/mol. The van der Waals surface area contributed by atoms with Gasteiger partial charge in [-0.3, -0.25) is 0 Å². The van der Waals surface area contributed by atoms with Crippen molar-refractivity contribution in [2.75, 3.05) is 0 Å². The number of furan rings is 1. The summed E-state index contributed by atoms with van der Waals surface area (Å²) in [6, 6.07) is 12.7. The smallest absolute Gasteiger partial charge is 0.134 e. The molecule has 3 heterocycles. The van der Waals surface area contributed by atoms with Gasteiger partial charge in [0.2, 0.25) is 0 Å². The van der Waals surface area contributed by atoms with E-state index in [9.17, 15) is 4.39 Å². The SMILES string of the molecule is C[C@H]1CCc2c(sc3nc(-c4ccccc4F)cc(-c4ccco4)c23)C1. The van der Waals surface area contributed by atoms with Gasteiger partial charge in [-0.05, 0) is 61.1 Å². The highest BCUT2D eigenvalue weighted by molar-refractivity contribution is 7.19. The van der Waals surface area contributed by atoms with Crippen LogP contribution in [0.1, 0.15) is 23.8 Å². The number of nitrogens with zero attached hydrogens (tertiary/aromatic N) is 1. The maximum atomic E-state index is 14.4. The number of aryl methyl sites for hydroxylation is 1. The molecule has 130 valence electrons. The normalized spacial score (nSPS) is 16.8. The van der Waals surface area contributed by atoms with Crippen molar-refractivity contribution >= 4 is 21.6 Å². The molecule has 0 unspecified atom stereocenters. The van der Waals surface area contributed by atoms with Crippen molar-refractivity contribution in [1.82, 2.24) is 4.98 Å². The van der Waals surface area contributed by atoms with Crippen molar-refractivity contribution in [3.05, 3.63) is 65.0 Å². The number of pyridine rings is 1. The lowest BCUT2D eigenvalue weighted by atomic mass is 9.88. The molecule has 26 heavy (non-hydrogen) atoms. The summed E-state index contributed by atoms with van der Waals surface area (Å²) in [4.78, 5) is 7.25. The van der Waals surface area contributed by atoms with E-state index in [4.69, 9.17) is 9.40 Å². The fraction of sp³-hybridized carbons (Fsp3) is 0.227. The lowest BCUT2D eigenvalue weighted by molar-refractivity contribution is 0.509. The van der Waals surface area contributed by atoms with E-state index in [1.165, 1.54) is 28.3 Å². The van der Waals surface area contributed by atoms with Gasteiger partial charge in [-0.15, -0.1) is 11.3 Å². The van der Waals surface area contributed by atoms with E-state index in [1.54, 1.807) is 29.7 Å². The Bertz CT molecular complexity index is 1100. The second-order valence-corrected chi connectivity index (χ2v) is 8.13. The Kier molecular flexibility index (Phi) is 3.68. The Morgan fingerprint density at radius 1 is 1.15 bits per heavy atom. The van der Waals surface area contributed by atoms with Crippen LogP contribution in [0.4, 0.5) is 4.39 Å². The topological polar surface area (TPSA) is 26.0 Å². The van der Waals surface area contributed by atoms with Crippen molar-refractivity contribution in [1.29, 1.82) is 0 Å². The van der Waals surface area contributed by atoms with Crippen LogP contribution in [0.3, 0.4) is 0 Å². The average molecular weight is 363 g/mol. The summed E-state index contributed by atoms with van der Waals surface area (Å²) in [6.45, 7) is 2.30. The second-order valence-electron chi connectivity index (χ2n) is 7.04. The molecular formula is C22H18FNOS. The van der Waals surface area contributed by atoms with Crippen LogP contribution in [0, 0.1) is 11.7 Å². The largest absolute Gasteiger partial charge is 0.464 e. The molecule has 0 aliphatic heterocycles. The predicted molar refractivity (Wildman–Crippen MR) is 104 cm³/mol. The summed E-state index contributed by atoms with van der Waals surface area (Å²) in [5, 5.41) is 1.19. The zero-order chi connectivity index (χ0) is 17.7. The Labute approximate surface area is 155 Å². The van der Waals surface area contributed by atoms with Crippen molar-refractivity contribution < 1.29 is 8.81 Å². The van der Waals surface area contributed by atoms with Crippen molar-refractivity contribution in [2.24, 2.45) is 5.92 Å². The highest BCUT2D eigenvalue weighted by Gasteiger charge is 2.24. The molecular weight excluding hydrogens is 345 g/mol. The number of rotatable bonds is 2. The van der Waals surface area contributed by atoms with Gasteiger partial charge in [0.1, 0.15) is 16.4 Å². The van der Waals surface area contributed by atoms with Crippen molar-refractivity contribution in [3.63, 3.8) is 0 Å². The fourth-order valence-corrected chi connectivity index (χ4v) is 5.28. The molecule has 0 N–H and O–H groups in total. The number of halogens is 1. The van der Waals surface area contributed by atoms with Crippen molar-refractivity contribution in [2.45, 2.75) is 26.2 Å². The van der Waals surface area contributed by atoms with Crippen LogP contribution in [0.5, 0.6) is 0 Å². The van der Waals surface area contributed by atoms with Crippen LogP contribution in [0.15, 0.2) is 53.1 Å². The minimum atomic E-state index is -0.250. The first-order chi connectivity index (χ1) is 12.7. The highest BCUT2D eigenvalue weighted by atomic mass is 32.1. The third-order valence-electron chi connectivity index (χ3n) is 5.20. The predicted octanol–water partition coefficient (Wildman–Crippen LogP) is 6.49. The summed E-state index contributed by atoms with van der Waals surface area (Å²) in [5.74, 6) is 1.27. The van der Waals surface area contributed by atoms with E-state index in [2.05, 4.69) is 6.92 Å². The first kappa shape index (κ1) is 15.8. The lowest BCUT2D eigenvalue weighted by Crippen LogP contribution is -2.08. The third kappa shape index (κ3) is 2.48. The summed E-state index contributed by atoms with van der Waals surface area (Å²) in [5.41, 5.74) is 3.61. The summed E-state index contributed by atoms with van der Waals surface area (Å²) >= 11 is 1.75. The van der Waals surface area contributed by atoms with Crippen LogP contribution in [0.25, 0.3) is 32.8 Å². The number of benzene rings is 1. The maximum absolute atomic E-state index is 14.4. The number of hydrogen-bond acceptors (Lipinski definition) is 3. The molecule has 0 radical (unpaired) electrons. The van der Waals surface area contributed by atoms with Gasteiger partial charge in [-0.1, -0.05) is 19.1 Å². The minimum Gasteiger partial charge on any atom is -0.464 e. The summed E-state index contributed by atoms with van der Waals surface area (Å²) in [6.07, 6.45) is 5.06. The van der Waals surface area contributed by atoms with E-state index < -0.39 is 0 Å².